The monoisotopic (exact) mass is 261 g/mol. The zero-order valence-corrected chi connectivity index (χ0v) is 12.7. The number of nitrogens with one attached hydrogen (secondary N) is 1. The molecule has 1 aliphatic rings. The van der Waals surface area contributed by atoms with Gasteiger partial charge in [-0.05, 0) is 50.1 Å². The van der Waals surface area contributed by atoms with Gasteiger partial charge in [0.15, 0.2) is 0 Å². The van der Waals surface area contributed by atoms with Crippen LogP contribution in [0.3, 0.4) is 0 Å². The van der Waals surface area contributed by atoms with Gasteiger partial charge in [0.2, 0.25) is 0 Å². The summed E-state index contributed by atoms with van der Waals surface area (Å²) < 4.78 is 0. The first kappa shape index (κ1) is 14.4. The Morgan fingerprint density at radius 3 is 2.63 bits per heavy atom. The van der Waals surface area contributed by atoms with E-state index >= 15 is 0 Å². The van der Waals surface area contributed by atoms with E-state index in [0.29, 0.717) is 17.3 Å². The van der Waals surface area contributed by atoms with E-state index in [9.17, 15) is 0 Å². The predicted molar refractivity (Wildman–Crippen MR) is 79.0 cm³/mol. The molecule has 0 bridgehead atoms. The van der Waals surface area contributed by atoms with Crippen LogP contribution in [-0.4, -0.2) is 23.6 Å². The summed E-state index contributed by atoms with van der Waals surface area (Å²) in [6.07, 6.45) is 9.43. The second kappa shape index (κ2) is 6.00. The van der Waals surface area contributed by atoms with Gasteiger partial charge in [0.25, 0.3) is 0 Å². The number of aromatic nitrogens is 2. The van der Waals surface area contributed by atoms with E-state index in [1.165, 1.54) is 25.0 Å². The van der Waals surface area contributed by atoms with Crippen LogP contribution in [0.15, 0.2) is 18.6 Å². The lowest BCUT2D eigenvalue weighted by molar-refractivity contribution is 0.128. The van der Waals surface area contributed by atoms with Gasteiger partial charge in [0.1, 0.15) is 0 Å². The summed E-state index contributed by atoms with van der Waals surface area (Å²) in [5.41, 5.74) is 1.57. The van der Waals surface area contributed by atoms with E-state index in [0.717, 1.165) is 12.5 Å². The zero-order chi connectivity index (χ0) is 13.9. The standard InChI is InChI=1S/C16H27N3/c1-16(2,3)13-6-5-12(10-17-4)14(9-13)15-11-18-7-8-19-15/h7-8,11-14,17H,5-6,9-10H2,1-4H3. The molecule has 0 spiro atoms. The highest BCUT2D eigenvalue weighted by Gasteiger charge is 2.36. The van der Waals surface area contributed by atoms with Crippen LogP contribution in [0.4, 0.5) is 0 Å². The predicted octanol–water partition coefficient (Wildman–Crippen LogP) is 3.24. The fourth-order valence-corrected chi connectivity index (χ4v) is 3.39. The van der Waals surface area contributed by atoms with Crippen LogP contribution in [0.1, 0.15) is 51.6 Å². The molecule has 3 atom stereocenters. The fourth-order valence-electron chi connectivity index (χ4n) is 3.39. The van der Waals surface area contributed by atoms with E-state index in [2.05, 4.69) is 36.1 Å². The first-order chi connectivity index (χ1) is 9.02. The third kappa shape index (κ3) is 3.53. The van der Waals surface area contributed by atoms with Crippen LogP contribution in [0.5, 0.6) is 0 Å². The molecule has 1 fully saturated rings. The van der Waals surface area contributed by atoms with Crippen molar-refractivity contribution >= 4 is 0 Å². The molecule has 3 unspecified atom stereocenters. The Morgan fingerprint density at radius 1 is 1.26 bits per heavy atom. The molecule has 1 aliphatic carbocycles. The number of hydrogen-bond acceptors (Lipinski definition) is 3. The maximum Gasteiger partial charge on any atom is 0.0620 e. The van der Waals surface area contributed by atoms with Crippen molar-refractivity contribution in [3.63, 3.8) is 0 Å². The lowest BCUT2D eigenvalue weighted by Gasteiger charge is -2.41. The summed E-state index contributed by atoms with van der Waals surface area (Å²) in [7, 11) is 2.05. The fraction of sp³-hybridized carbons (Fsp3) is 0.750. The molecule has 1 heterocycles. The second-order valence-corrected chi connectivity index (χ2v) is 6.93. The van der Waals surface area contributed by atoms with E-state index in [4.69, 9.17) is 0 Å². The van der Waals surface area contributed by atoms with Gasteiger partial charge < -0.3 is 5.32 Å². The van der Waals surface area contributed by atoms with Crippen LogP contribution < -0.4 is 5.32 Å². The minimum atomic E-state index is 0.394. The van der Waals surface area contributed by atoms with Gasteiger partial charge in [-0.1, -0.05) is 20.8 Å². The van der Waals surface area contributed by atoms with Gasteiger partial charge in [-0.15, -0.1) is 0 Å². The molecule has 2 rings (SSSR count). The normalized spacial score (nSPS) is 28.3. The molecule has 0 aromatic carbocycles. The van der Waals surface area contributed by atoms with E-state index in [1.54, 1.807) is 6.20 Å². The molecule has 0 radical (unpaired) electrons. The van der Waals surface area contributed by atoms with Crippen molar-refractivity contribution in [2.75, 3.05) is 13.6 Å². The maximum absolute atomic E-state index is 4.56. The Labute approximate surface area is 117 Å². The molecule has 106 valence electrons. The quantitative estimate of drug-likeness (QED) is 0.907. The number of rotatable bonds is 3. The van der Waals surface area contributed by atoms with Crippen LogP contribution in [0, 0.1) is 17.3 Å². The first-order valence-corrected chi connectivity index (χ1v) is 7.43. The number of nitrogens with zero attached hydrogens (tertiary/aromatic N) is 2. The zero-order valence-electron chi connectivity index (χ0n) is 12.7. The summed E-state index contributed by atoms with van der Waals surface area (Å²) in [6, 6.07) is 0. The third-order valence-electron chi connectivity index (χ3n) is 4.65. The van der Waals surface area contributed by atoms with Gasteiger partial charge >= 0.3 is 0 Å². The molecule has 0 amide bonds. The van der Waals surface area contributed by atoms with Crippen LogP contribution in [-0.2, 0) is 0 Å². The van der Waals surface area contributed by atoms with Gasteiger partial charge in [0, 0.05) is 24.5 Å². The summed E-state index contributed by atoms with van der Waals surface area (Å²) in [5.74, 6) is 2.03. The van der Waals surface area contributed by atoms with Crippen molar-refractivity contribution in [1.82, 2.24) is 15.3 Å². The highest BCUT2D eigenvalue weighted by Crippen LogP contribution is 2.46. The minimum Gasteiger partial charge on any atom is -0.319 e. The molecular formula is C16H27N3. The van der Waals surface area contributed by atoms with Crippen molar-refractivity contribution in [3.05, 3.63) is 24.3 Å². The molecule has 0 aliphatic heterocycles. The van der Waals surface area contributed by atoms with Crippen molar-refractivity contribution in [1.29, 1.82) is 0 Å². The molecule has 1 saturated carbocycles. The van der Waals surface area contributed by atoms with Crippen molar-refractivity contribution in [3.8, 4) is 0 Å². The average molecular weight is 261 g/mol. The molecule has 3 heteroatoms. The smallest absolute Gasteiger partial charge is 0.0620 e. The van der Waals surface area contributed by atoms with E-state index in [-0.39, 0.29) is 0 Å². The third-order valence-corrected chi connectivity index (χ3v) is 4.65. The minimum absolute atomic E-state index is 0.394. The topological polar surface area (TPSA) is 37.8 Å². The lowest BCUT2D eigenvalue weighted by atomic mass is 9.65. The Bertz CT molecular complexity index is 383. The SMILES string of the molecule is CNCC1CCC(C(C)(C)C)CC1c1cnccn1. The number of hydrogen-bond donors (Lipinski definition) is 1. The van der Waals surface area contributed by atoms with E-state index in [1.807, 2.05) is 19.4 Å². The summed E-state index contributed by atoms with van der Waals surface area (Å²) in [6.45, 7) is 8.18. The highest BCUT2D eigenvalue weighted by atomic mass is 14.8. The average Bonchev–Trinajstić information content (AvgIpc) is 2.39. The highest BCUT2D eigenvalue weighted by molar-refractivity contribution is 5.08. The van der Waals surface area contributed by atoms with Gasteiger partial charge in [-0.25, -0.2) is 0 Å². The van der Waals surface area contributed by atoms with Crippen molar-refractivity contribution in [2.24, 2.45) is 17.3 Å². The maximum atomic E-state index is 4.56. The van der Waals surface area contributed by atoms with Crippen LogP contribution in [0.2, 0.25) is 0 Å². The van der Waals surface area contributed by atoms with E-state index < -0.39 is 0 Å². The van der Waals surface area contributed by atoms with Crippen LogP contribution in [0.25, 0.3) is 0 Å². The molecule has 0 saturated heterocycles. The molecular weight excluding hydrogens is 234 g/mol. The van der Waals surface area contributed by atoms with Gasteiger partial charge in [-0.2, -0.15) is 0 Å². The summed E-state index contributed by atoms with van der Waals surface area (Å²) in [5, 5.41) is 3.34. The molecule has 1 aromatic heterocycles. The first-order valence-electron chi connectivity index (χ1n) is 7.43. The second-order valence-electron chi connectivity index (χ2n) is 6.93. The molecule has 1 N–H and O–H groups in total. The Kier molecular flexibility index (Phi) is 4.56. The largest absolute Gasteiger partial charge is 0.319 e. The lowest BCUT2D eigenvalue weighted by Crippen LogP contribution is -2.35. The molecule has 1 aromatic rings. The summed E-state index contributed by atoms with van der Waals surface area (Å²) >= 11 is 0. The van der Waals surface area contributed by atoms with Crippen LogP contribution >= 0.6 is 0 Å². The molecule has 19 heavy (non-hydrogen) atoms. The summed E-state index contributed by atoms with van der Waals surface area (Å²) in [4.78, 5) is 8.82. The van der Waals surface area contributed by atoms with Gasteiger partial charge in [-0.3, -0.25) is 9.97 Å². The Balaban J connectivity index is 2.18. The van der Waals surface area contributed by atoms with Crippen molar-refractivity contribution in [2.45, 2.75) is 46.0 Å². The van der Waals surface area contributed by atoms with Gasteiger partial charge in [0.05, 0.1) is 5.69 Å². The Hall–Kier alpha value is -0.960. The molecule has 3 nitrogen and oxygen atoms in total. The van der Waals surface area contributed by atoms with Crippen molar-refractivity contribution < 1.29 is 0 Å². The Morgan fingerprint density at radius 2 is 2.05 bits per heavy atom.